The van der Waals surface area contributed by atoms with Crippen LogP contribution in [-0.4, -0.2) is 57.7 Å². The van der Waals surface area contributed by atoms with Crippen LogP contribution in [0.5, 0.6) is 0 Å². The van der Waals surface area contributed by atoms with Crippen molar-refractivity contribution in [3.63, 3.8) is 0 Å². The Hall–Kier alpha value is -4.94. The molecular formula is C30H31N7O4S. The summed E-state index contributed by atoms with van der Waals surface area (Å²) in [6.07, 6.45) is 5.42. The van der Waals surface area contributed by atoms with Gasteiger partial charge in [-0.15, -0.1) is 11.3 Å². The van der Waals surface area contributed by atoms with E-state index in [4.69, 9.17) is 11.5 Å². The second-order valence-electron chi connectivity index (χ2n) is 10.1. The average Bonchev–Trinajstić information content (AvgIpc) is 3.46. The number of carbonyl (C=O) groups excluding carboxylic acids is 3. The summed E-state index contributed by atoms with van der Waals surface area (Å²) in [6, 6.07) is 13.7. The minimum absolute atomic E-state index is 0.239. The Labute approximate surface area is 246 Å². The first-order valence-corrected chi connectivity index (χ1v) is 13.9. The molecule has 11 nitrogen and oxygen atoms in total. The number of aromatic nitrogens is 2. The first kappa shape index (κ1) is 30.0. The van der Waals surface area contributed by atoms with Gasteiger partial charge in [-0.25, -0.2) is 4.98 Å². The molecule has 216 valence electrons. The molecule has 12 heteroatoms. The Bertz CT molecular complexity index is 1610. The van der Waals surface area contributed by atoms with Crippen LogP contribution >= 0.6 is 11.3 Å². The number of hydrogen-bond acceptors (Lipinski definition) is 9. The average molecular weight is 586 g/mol. The van der Waals surface area contributed by atoms with Crippen LogP contribution in [0, 0.1) is 0 Å². The fourth-order valence-electron chi connectivity index (χ4n) is 3.85. The number of benzene rings is 2. The second kappa shape index (κ2) is 13.1. The standard InChI is InChI=1S/C30H31N7O4S/c1-30(2,41)9-11-34-15-21-12-24(36-28(40)25-17-42-29(37-25)20-4-3-10-33-14-20)22(13-23(21)31)18-5-7-19(8-6-18)27(39)35-16-26(32)38/h3-8,10,12-15,17,41H,9,11,16,31H2,1-2H3,(H2,32,38)(H,35,39)(H,36,40). The molecule has 7 N–H and O–H groups in total. The number of rotatable bonds is 11. The van der Waals surface area contributed by atoms with Crippen molar-refractivity contribution in [2.24, 2.45) is 10.7 Å². The van der Waals surface area contributed by atoms with E-state index in [-0.39, 0.29) is 12.2 Å². The van der Waals surface area contributed by atoms with E-state index in [0.717, 1.165) is 5.56 Å². The fourth-order valence-corrected chi connectivity index (χ4v) is 4.64. The number of hydrogen-bond donors (Lipinski definition) is 5. The summed E-state index contributed by atoms with van der Waals surface area (Å²) in [7, 11) is 0. The summed E-state index contributed by atoms with van der Waals surface area (Å²) < 4.78 is 0. The summed E-state index contributed by atoms with van der Waals surface area (Å²) in [4.78, 5) is 49.6. The van der Waals surface area contributed by atoms with Gasteiger partial charge in [-0.05, 0) is 62.2 Å². The van der Waals surface area contributed by atoms with E-state index < -0.39 is 23.3 Å². The number of nitrogens with one attached hydrogen (secondary N) is 2. The Kier molecular flexibility index (Phi) is 9.40. The lowest BCUT2D eigenvalue weighted by Gasteiger charge is -2.15. The Morgan fingerprint density at radius 2 is 1.86 bits per heavy atom. The van der Waals surface area contributed by atoms with E-state index in [9.17, 15) is 19.5 Å². The highest BCUT2D eigenvalue weighted by molar-refractivity contribution is 7.13. The van der Waals surface area contributed by atoms with Gasteiger partial charge in [-0.3, -0.25) is 24.4 Å². The molecule has 2 aromatic heterocycles. The fraction of sp³-hybridized carbons (Fsp3) is 0.200. The molecule has 0 bridgehead atoms. The van der Waals surface area contributed by atoms with E-state index in [1.807, 2.05) is 6.07 Å². The zero-order valence-electron chi connectivity index (χ0n) is 23.1. The van der Waals surface area contributed by atoms with Crippen molar-refractivity contribution in [1.29, 1.82) is 0 Å². The van der Waals surface area contributed by atoms with E-state index >= 15 is 0 Å². The highest BCUT2D eigenvalue weighted by Gasteiger charge is 2.17. The number of amides is 3. The number of anilines is 2. The van der Waals surface area contributed by atoms with Crippen molar-refractivity contribution in [3.8, 4) is 21.7 Å². The smallest absolute Gasteiger partial charge is 0.275 e. The Morgan fingerprint density at radius 3 is 2.52 bits per heavy atom. The highest BCUT2D eigenvalue weighted by Crippen LogP contribution is 2.33. The molecule has 0 spiro atoms. The van der Waals surface area contributed by atoms with Gasteiger partial charge in [0.05, 0.1) is 12.1 Å². The summed E-state index contributed by atoms with van der Waals surface area (Å²) in [5.41, 5.74) is 14.8. The van der Waals surface area contributed by atoms with Crippen LogP contribution in [0.15, 0.2) is 71.3 Å². The molecule has 4 aromatic rings. The van der Waals surface area contributed by atoms with Crippen LogP contribution in [0.3, 0.4) is 0 Å². The van der Waals surface area contributed by atoms with Crippen LogP contribution in [0.1, 0.15) is 46.7 Å². The third-order valence-corrected chi connectivity index (χ3v) is 6.97. The minimum Gasteiger partial charge on any atom is -0.398 e. The van der Waals surface area contributed by atoms with Gasteiger partial charge in [0.25, 0.3) is 11.8 Å². The number of pyridine rings is 1. The predicted octanol–water partition coefficient (Wildman–Crippen LogP) is 3.50. The molecule has 0 atom stereocenters. The van der Waals surface area contributed by atoms with Crippen LogP contribution < -0.4 is 22.1 Å². The molecular weight excluding hydrogens is 554 g/mol. The SMILES string of the molecule is CC(C)(O)CCN=Cc1cc(NC(=O)c2csc(-c3cccnc3)n2)c(-c2ccc(C(=O)NCC(N)=O)cc2)cc1N. The van der Waals surface area contributed by atoms with Crippen molar-refractivity contribution < 1.29 is 19.5 Å². The van der Waals surface area contributed by atoms with E-state index in [1.165, 1.54) is 11.3 Å². The third kappa shape index (κ3) is 8.05. The van der Waals surface area contributed by atoms with Crippen molar-refractivity contribution in [2.45, 2.75) is 25.9 Å². The van der Waals surface area contributed by atoms with Crippen LogP contribution in [0.2, 0.25) is 0 Å². The lowest BCUT2D eigenvalue weighted by Crippen LogP contribution is -2.33. The Balaban J connectivity index is 1.64. The van der Waals surface area contributed by atoms with Crippen molar-refractivity contribution in [3.05, 3.63) is 83.1 Å². The summed E-state index contributed by atoms with van der Waals surface area (Å²) in [5, 5.41) is 17.7. The maximum atomic E-state index is 13.3. The first-order chi connectivity index (χ1) is 20.0. The van der Waals surface area contributed by atoms with Gasteiger partial charge in [-0.2, -0.15) is 0 Å². The van der Waals surface area contributed by atoms with Crippen LogP contribution in [-0.2, 0) is 4.79 Å². The molecule has 3 amide bonds. The number of primary amides is 1. The monoisotopic (exact) mass is 585 g/mol. The van der Waals surface area contributed by atoms with E-state index in [0.29, 0.717) is 51.6 Å². The number of aliphatic imine (C=N–C) groups is 1. The first-order valence-electron chi connectivity index (χ1n) is 13.0. The Morgan fingerprint density at radius 1 is 1.10 bits per heavy atom. The summed E-state index contributed by atoms with van der Waals surface area (Å²) >= 11 is 1.33. The van der Waals surface area contributed by atoms with Gasteiger partial charge in [0, 0.05) is 64.2 Å². The van der Waals surface area contributed by atoms with Gasteiger partial charge in [-0.1, -0.05) is 12.1 Å². The van der Waals surface area contributed by atoms with Gasteiger partial charge >= 0.3 is 0 Å². The molecule has 0 aliphatic rings. The number of nitrogens with zero attached hydrogens (tertiary/aromatic N) is 3. The number of nitrogen functional groups attached to an aromatic ring is 1. The molecule has 0 aliphatic heterocycles. The second-order valence-corrected chi connectivity index (χ2v) is 10.9. The molecule has 2 heterocycles. The van der Waals surface area contributed by atoms with Crippen molar-refractivity contribution in [1.82, 2.24) is 15.3 Å². The number of nitrogens with two attached hydrogens (primary N) is 2. The normalized spacial score (nSPS) is 11.4. The highest BCUT2D eigenvalue weighted by atomic mass is 32.1. The molecule has 0 unspecified atom stereocenters. The summed E-state index contributed by atoms with van der Waals surface area (Å²) in [6.45, 7) is 3.54. The zero-order valence-corrected chi connectivity index (χ0v) is 23.9. The number of carbonyl (C=O) groups is 3. The molecule has 4 rings (SSSR count). The predicted molar refractivity (Wildman–Crippen MR) is 164 cm³/mol. The van der Waals surface area contributed by atoms with Crippen LogP contribution in [0.25, 0.3) is 21.7 Å². The number of aliphatic hydroxyl groups is 1. The van der Waals surface area contributed by atoms with Gasteiger partial charge in [0.15, 0.2) is 0 Å². The molecule has 0 aliphatic carbocycles. The minimum atomic E-state index is -0.850. The molecule has 0 radical (unpaired) electrons. The molecule has 42 heavy (non-hydrogen) atoms. The third-order valence-electron chi connectivity index (χ3n) is 6.08. The van der Waals surface area contributed by atoms with Crippen molar-refractivity contribution >= 4 is 46.6 Å². The lowest BCUT2D eigenvalue weighted by molar-refractivity contribution is -0.117. The number of thiazole rings is 1. The zero-order chi connectivity index (χ0) is 30.3. The topological polar surface area (TPSA) is 186 Å². The van der Waals surface area contributed by atoms with Gasteiger partial charge in [0.2, 0.25) is 5.91 Å². The quantitative estimate of drug-likeness (QED) is 0.132. The molecule has 0 saturated heterocycles. The molecule has 0 saturated carbocycles. The molecule has 0 fully saturated rings. The lowest BCUT2D eigenvalue weighted by atomic mass is 9.98. The van der Waals surface area contributed by atoms with Gasteiger partial charge in [0.1, 0.15) is 10.7 Å². The largest absolute Gasteiger partial charge is 0.398 e. The van der Waals surface area contributed by atoms with E-state index in [2.05, 4.69) is 25.6 Å². The van der Waals surface area contributed by atoms with Gasteiger partial charge < -0.3 is 27.2 Å². The molecule has 2 aromatic carbocycles. The maximum absolute atomic E-state index is 13.3. The van der Waals surface area contributed by atoms with E-state index in [1.54, 1.807) is 80.3 Å². The van der Waals surface area contributed by atoms with Crippen LogP contribution in [0.4, 0.5) is 11.4 Å². The maximum Gasteiger partial charge on any atom is 0.275 e. The van der Waals surface area contributed by atoms with Crippen molar-refractivity contribution in [2.75, 3.05) is 24.1 Å². The summed E-state index contributed by atoms with van der Waals surface area (Å²) in [5.74, 6) is -1.51.